The number of aryl methyl sites for hydroxylation is 2. The Balaban J connectivity index is 1.79. The molecule has 1 atom stereocenters. The second-order valence-electron chi connectivity index (χ2n) is 7.48. The Labute approximate surface area is 190 Å². The average Bonchev–Trinajstić information content (AvgIpc) is 2.75. The summed E-state index contributed by atoms with van der Waals surface area (Å²) in [4.78, 5) is 26.0. The normalized spacial score (nSPS) is 11.9. The van der Waals surface area contributed by atoms with Crippen LogP contribution >= 0.6 is 0 Å². The Kier molecular flexibility index (Phi) is 9.33. The standard InChI is InChI=1S/C22H30N4O5S/c1-15-11-19(27)12-16(2)21(15)32(30)26(4)9-10-31-14-20(28)25(3)13-17-5-7-18(8-6-17)22(29)24-23/h5-8,11-12,27H,9-10,13-14,23H2,1-4H3,(H,24,29). The molecular formula is C22H30N4O5S. The van der Waals surface area contributed by atoms with Crippen molar-refractivity contribution in [1.82, 2.24) is 14.6 Å². The third kappa shape index (κ3) is 6.86. The molecule has 0 saturated heterocycles. The van der Waals surface area contributed by atoms with Gasteiger partial charge in [-0.05, 0) is 54.8 Å². The zero-order valence-electron chi connectivity index (χ0n) is 18.8. The van der Waals surface area contributed by atoms with Crippen molar-refractivity contribution in [2.45, 2.75) is 25.3 Å². The Morgan fingerprint density at radius 3 is 2.28 bits per heavy atom. The molecule has 0 spiro atoms. The predicted molar refractivity (Wildman–Crippen MR) is 122 cm³/mol. The highest BCUT2D eigenvalue weighted by Crippen LogP contribution is 2.24. The van der Waals surface area contributed by atoms with Crippen molar-refractivity contribution in [3.63, 3.8) is 0 Å². The third-order valence-corrected chi connectivity index (χ3v) is 6.61. The van der Waals surface area contributed by atoms with Gasteiger partial charge in [0.1, 0.15) is 23.3 Å². The van der Waals surface area contributed by atoms with E-state index in [2.05, 4.69) is 5.43 Å². The molecule has 174 valence electrons. The number of aromatic hydroxyl groups is 1. The van der Waals surface area contributed by atoms with Crippen molar-refractivity contribution < 1.29 is 23.6 Å². The van der Waals surface area contributed by atoms with E-state index < -0.39 is 11.0 Å². The van der Waals surface area contributed by atoms with Gasteiger partial charge in [0.25, 0.3) is 5.91 Å². The maximum absolute atomic E-state index is 12.8. The van der Waals surface area contributed by atoms with Crippen molar-refractivity contribution in [2.24, 2.45) is 5.84 Å². The zero-order chi connectivity index (χ0) is 23.8. The molecule has 9 nitrogen and oxygen atoms in total. The van der Waals surface area contributed by atoms with Gasteiger partial charge in [-0.3, -0.25) is 15.0 Å². The van der Waals surface area contributed by atoms with Crippen molar-refractivity contribution in [3.05, 3.63) is 58.7 Å². The number of rotatable bonds is 10. The number of nitrogens with two attached hydrogens (primary N) is 1. The summed E-state index contributed by atoms with van der Waals surface area (Å²) >= 11 is 0. The van der Waals surface area contributed by atoms with E-state index in [4.69, 9.17) is 10.6 Å². The highest BCUT2D eigenvalue weighted by molar-refractivity contribution is 7.82. The predicted octanol–water partition coefficient (Wildman–Crippen LogP) is 1.24. The Morgan fingerprint density at radius 2 is 1.72 bits per heavy atom. The number of nitrogens with one attached hydrogen (secondary N) is 1. The first-order valence-corrected chi connectivity index (χ1v) is 11.1. The number of phenols is 1. The quantitative estimate of drug-likeness (QED) is 0.211. The number of benzene rings is 2. The molecule has 4 N–H and O–H groups in total. The van der Waals surface area contributed by atoms with Crippen LogP contribution in [0.15, 0.2) is 41.3 Å². The van der Waals surface area contributed by atoms with E-state index >= 15 is 0 Å². The van der Waals surface area contributed by atoms with Crippen LogP contribution in [-0.2, 0) is 27.1 Å². The number of carbonyl (C=O) groups is 2. The molecule has 0 aliphatic rings. The molecule has 0 fully saturated rings. The number of hydrogen-bond donors (Lipinski definition) is 3. The van der Waals surface area contributed by atoms with Gasteiger partial charge in [0.15, 0.2) is 0 Å². The van der Waals surface area contributed by atoms with Gasteiger partial charge < -0.3 is 14.7 Å². The molecule has 2 amide bonds. The van der Waals surface area contributed by atoms with Crippen LogP contribution in [0.2, 0.25) is 0 Å². The van der Waals surface area contributed by atoms with E-state index in [-0.39, 0.29) is 30.8 Å². The number of carbonyl (C=O) groups excluding carboxylic acids is 2. The second kappa shape index (κ2) is 11.7. The lowest BCUT2D eigenvalue weighted by Gasteiger charge is -2.20. The summed E-state index contributed by atoms with van der Waals surface area (Å²) in [6, 6.07) is 9.96. The van der Waals surface area contributed by atoms with Crippen molar-refractivity contribution in [3.8, 4) is 5.75 Å². The smallest absolute Gasteiger partial charge is 0.265 e. The maximum Gasteiger partial charge on any atom is 0.265 e. The topological polar surface area (TPSA) is 125 Å². The number of hydrazine groups is 1. The van der Waals surface area contributed by atoms with Gasteiger partial charge in [-0.1, -0.05) is 12.1 Å². The molecule has 1 unspecified atom stereocenters. The summed E-state index contributed by atoms with van der Waals surface area (Å²) in [6.07, 6.45) is 0. The molecule has 0 aliphatic heterocycles. The largest absolute Gasteiger partial charge is 0.508 e. The van der Waals surface area contributed by atoms with Gasteiger partial charge in [0.05, 0.1) is 11.5 Å². The minimum absolute atomic E-state index is 0.0953. The number of ether oxygens (including phenoxy) is 1. The number of likely N-dealkylation sites (N-methyl/N-ethyl adjacent to an activating group) is 2. The molecule has 2 rings (SSSR count). The Hall–Kier alpha value is -2.79. The van der Waals surface area contributed by atoms with E-state index in [1.54, 1.807) is 68.6 Å². The summed E-state index contributed by atoms with van der Waals surface area (Å²) < 4.78 is 19.9. The van der Waals surface area contributed by atoms with Crippen molar-refractivity contribution in [2.75, 3.05) is 33.9 Å². The van der Waals surface area contributed by atoms with Crippen LogP contribution < -0.4 is 11.3 Å². The van der Waals surface area contributed by atoms with Gasteiger partial charge in [0, 0.05) is 32.7 Å². The van der Waals surface area contributed by atoms with E-state index in [9.17, 15) is 18.9 Å². The second-order valence-corrected chi connectivity index (χ2v) is 9.01. The van der Waals surface area contributed by atoms with Gasteiger partial charge in [-0.15, -0.1) is 0 Å². The Bertz CT molecular complexity index is 958. The van der Waals surface area contributed by atoms with Crippen LogP contribution in [0.4, 0.5) is 0 Å². The maximum atomic E-state index is 12.8. The van der Waals surface area contributed by atoms with Crippen LogP contribution in [0.5, 0.6) is 5.75 Å². The van der Waals surface area contributed by atoms with Crippen LogP contribution in [-0.4, -0.2) is 64.2 Å². The molecule has 0 aromatic heterocycles. The van der Waals surface area contributed by atoms with E-state index in [0.717, 1.165) is 16.7 Å². The lowest BCUT2D eigenvalue weighted by molar-refractivity contribution is -0.135. The first kappa shape index (κ1) is 25.5. The SMILES string of the molecule is Cc1cc(O)cc(C)c1S(=O)N(C)CCOCC(=O)N(C)Cc1ccc(C(=O)NN)cc1. The number of hydrogen-bond acceptors (Lipinski definition) is 6. The molecule has 0 aliphatic carbocycles. The lowest BCUT2D eigenvalue weighted by atomic mass is 10.1. The fourth-order valence-corrected chi connectivity index (χ4v) is 4.33. The summed E-state index contributed by atoms with van der Waals surface area (Å²) in [5.74, 6) is 4.68. The fourth-order valence-electron chi connectivity index (χ4n) is 3.11. The average molecular weight is 463 g/mol. The van der Waals surface area contributed by atoms with Crippen molar-refractivity contribution >= 4 is 22.8 Å². The van der Waals surface area contributed by atoms with E-state index in [0.29, 0.717) is 23.5 Å². The third-order valence-electron chi connectivity index (χ3n) is 4.87. The lowest BCUT2D eigenvalue weighted by Crippen LogP contribution is -2.32. The molecule has 0 saturated carbocycles. The summed E-state index contributed by atoms with van der Waals surface area (Å²) in [5, 5.41) is 9.66. The molecular weight excluding hydrogens is 432 g/mol. The summed E-state index contributed by atoms with van der Waals surface area (Å²) in [5.41, 5.74) is 4.87. The molecule has 32 heavy (non-hydrogen) atoms. The minimum Gasteiger partial charge on any atom is -0.508 e. The molecule has 0 heterocycles. The number of nitrogen functional groups attached to an aromatic ring is 1. The number of amides is 2. The minimum atomic E-state index is -1.40. The fraction of sp³-hybridized carbons (Fsp3) is 0.364. The number of phenolic OH excluding ortho intramolecular Hbond substituents is 1. The van der Waals surface area contributed by atoms with E-state index in [1.165, 1.54) is 4.90 Å². The van der Waals surface area contributed by atoms with Crippen LogP contribution in [0.1, 0.15) is 27.0 Å². The van der Waals surface area contributed by atoms with Gasteiger partial charge in [0.2, 0.25) is 5.91 Å². The molecule has 0 bridgehead atoms. The van der Waals surface area contributed by atoms with Crippen LogP contribution in [0.3, 0.4) is 0 Å². The van der Waals surface area contributed by atoms with Crippen molar-refractivity contribution in [1.29, 1.82) is 0 Å². The molecule has 0 radical (unpaired) electrons. The molecule has 2 aromatic rings. The van der Waals surface area contributed by atoms with Crippen LogP contribution in [0.25, 0.3) is 0 Å². The first-order chi connectivity index (χ1) is 15.1. The van der Waals surface area contributed by atoms with Gasteiger partial charge in [-0.2, -0.15) is 0 Å². The highest BCUT2D eigenvalue weighted by Gasteiger charge is 2.17. The van der Waals surface area contributed by atoms with E-state index in [1.807, 2.05) is 0 Å². The van der Waals surface area contributed by atoms with Gasteiger partial charge in [-0.25, -0.2) is 14.4 Å². The van der Waals surface area contributed by atoms with Gasteiger partial charge >= 0.3 is 0 Å². The van der Waals surface area contributed by atoms with Crippen LogP contribution in [0, 0.1) is 13.8 Å². The monoisotopic (exact) mass is 462 g/mol. The Morgan fingerprint density at radius 1 is 1.12 bits per heavy atom. The summed E-state index contributed by atoms with van der Waals surface area (Å²) in [6.45, 7) is 4.49. The molecule has 10 heteroatoms. The summed E-state index contributed by atoms with van der Waals surface area (Å²) in [7, 11) is 1.98. The highest BCUT2D eigenvalue weighted by atomic mass is 32.2. The number of nitrogens with zero attached hydrogens (tertiary/aromatic N) is 2. The zero-order valence-corrected chi connectivity index (χ0v) is 19.6. The first-order valence-electron chi connectivity index (χ1n) is 9.98. The molecule has 2 aromatic carbocycles.